The van der Waals surface area contributed by atoms with Crippen molar-refractivity contribution in [1.82, 2.24) is 0 Å². The van der Waals surface area contributed by atoms with Gasteiger partial charge in [0.05, 0.1) is 52.8 Å². The minimum Gasteiger partial charge on any atom is -0.493 e. The molecule has 0 saturated carbocycles. The molecule has 0 amide bonds. The predicted octanol–water partition coefficient (Wildman–Crippen LogP) is 8.52. The fourth-order valence-electron chi connectivity index (χ4n) is 4.51. The van der Waals surface area contributed by atoms with Gasteiger partial charge in [0.25, 0.3) is 0 Å². The Morgan fingerprint density at radius 3 is 2.00 bits per heavy atom. The van der Waals surface area contributed by atoms with Crippen LogP contribution in [-0.4, -0.2) is 55.9 Å². The monoisotopic (exact) mass is 712 g/mol. The molecule has 4 rings (SSSR count). The van der Waals surface area contributed by atoms with E-state index in [0.717, 1.165) is 22.7 Å². The molecule has 0 unspecified atom stereocenters. The van der Waals surface area contributed by atoms with Gasteiger partial charge in [-0.3, -0.25) is 19.2 Å². The highest BCUT2D eigenvalue weighted by atomic mass is 35.5. The summed E-state index contributed by atoms with van der Waals surface area (Å²) < 4.78 is 39.0. The van der Waals surface area contributed by atoms with Gasteiger partial charge in [-0.15, -0.1) is 22.7 Å². The van der Waals surface area contributed by atoms with Gasteiger partial charge < -0.3 is 24.1 Å². The lowest BCUT2D eigenvalue weighted by Gasteiger charge is -2.15. The third-order valence-corrected chi connectivity index (χ3v) is 10.5. The minimum absolute atomic E-state index is 0.0200. The van der Waals surface area contributed by atoms with Crippen LogP contribution in [0.4, 0.5) is 4.39 Å². The van der Waals surface area contributed by atoms with Crippen molar-refractivity contribution in [1.29, 1.82) is 0 Å². The van der Waals surface area contributed by atoms with E-state index in [9.17, 15) is 19.2 Å². The molecule has 0 aliphatic heterocycles. The summed E-state index contributed by atoms with van der Waals surface area (Å²) in [5.74, 6) is -3.40. The third kappa shape index (κ3) is 7.41. The molecule has 2 aromatic carbocycles. The highest BCUT2D eigenvalue weighted by Crippen LogP contribution is 2.50. The molecule has 4 aromatic rings. The van der Waals surface area contributed by atoms with Crippen LogP contribution in [0.1, 0.15) is 59.4 Å². The molecule has 0 saturated heterocycles. The topological polar surface area (TPSA) is 125 Å². The summed E-state index contributed by atoms with van der Waals surface area (Å²) in [7, 11) is 2.78. The number of halogens is 3. The first kappa shape index (κ1) is 35.4. The van der Waals surface area contributed by atoms with E-state index in [1.54, 1.807) is 19.1 Å². The number of methoxy groups -OCH3 is 2. The first-order chi connectivity index (χ1) is 21.8. The number of fused-ring (bicyclic) bond motifs is 2. The molecule has 2 aromatic heterocycles. The Morgan fingerprint density at radius 2 is 1.41 bits per heavy atom. The average Bonchev–Trinajstić information content (AvgIpc) is 3.66. The minimum atomic E-state index is -1.09. The highest BCUT2D eigenvalue weighted by molar-refractivity contribution is 7.21. The molecule has 0 fully saturated rings. The number of rotatable bonds is 16. The van der Waals surface area contributed by atoms with Crippen molar-refractivity contribution in [2.75, 3.05) is 27.4 Å². The summed E-state index contributed by atoms with van der Waals surface area (Å²) in [6.07, 6.45) is 0.143. The molecule has 246 valence electrons. The Kier molecular flexibility index (Phi) is 11.5. The highest BCUT2D eigenvalue weighted by Gasteiger charge is 2.26. The molecule has 14 heteroatoms. The van der Waals surface area contributed by atoms with Crippen LogP contribution in [-0.2, 0) is 9.59 Å². The molecule has 0 aliphatic carbocycles. The second-order valence-corrected chi connectivity index (χ2v) is 13.5. The summed E-state index contributed by atoms with van der Waals surface area (Å²) in [4.78, 5) is 48.8. The van der Waals surface area contributed by atoms with E-state index >= 15 is 4.39 Å². The van der Waals surface area contributed by atoms with Crippen LogP contribution in [0, 0.1) is 17.7 Å². The maximum Gasteiger partial charge on any atom is 0.306 e. The SMILES string of the molecule is COc1cc2sc(C(=O)C[C@H](C)C(=O)O)cc2c(F)c1OCCCOc1c(OC)c(Cl)c2sc(C(=O)C[C@H](C)C(C)=O)cc2c1Cl. The van der Waals surface area contributed by atoms with Crippen molar-refractivity contribution in [2.45, 2.75) is 40.0 Å². The lowest BCUT2D eigenvalue weighted by atomic mass is 10.00. The summed E-state index contributed by atoms with van der Waals surface area (Å²) in [5, 5.41) is 10.2. The molecular weight excluding hydrogens is 682 g/mol. The molecular formula is C32H31Cl2FO9S2. The number of carboxylic acids is 1. The van der Waals surface area contributed by atoms with E-state index in [0.29, 0.717) is 19.7 Å². The van der Waals surface area contributed by atoms with Gasteiger partial charge in [0, 0.05) is 46.7 Å². The van der Waals surface area contributed by atoms with Gasteiger partial charge >= 0.3 is 5.97 Å². The van der Waals surface area contributed by atoms with Crippen molar-refractivity contribution in [3.8, 4) is 23.0 Å². The van der Waals surface area contributed by atoms with Crippen molar-refractivity contribution >= 4 is 89.4 Å². The Hall–Kier alpha value is -3.45. The summed E-state index contributed by atoms with van der Waals surface area (Å²) >= 11 is 15.5. The zero-order valence-electron chi connectivity index (χ0n) is 25.6. The average molecular weight is 714 g/mol. The first-order valence-electron chi connectivity index (χ1n) is 14.1. The van der Waals surface area contributed by atoms with Gasteiger partial charge in [-0.1, -0.05) is 37.0 Å². The van der Waals surface area contributed by atoms with Crippen molar-refractivity contribution in [2.24, 2.45) is 11.8 Å². The standard InChI is InChI=1S/C32H31Cl2FO9S2/c1-14(16(3)36)9-19(37)24-12-18-25(33)30(29(42-5)26(34)31(18)46-24)44-8-6-7-43-28-21(41-4)13-22-17(27(28)35)11-23(45-22)20(38)10-15(2)32(39)40/h11-15H,6-10H2,1-5H3,(H,39,40)/t14-,15-/m0/s1. The van der Waals surface area contributed by atoms with E-state index in [-0.39, 0.29) is 87.3 Å². The van der Waals surface area contributed by atoms with E-state index in [1.807, 2.05) is 0 Å². The molecule has 0 radical (unpaired) electrons. The summed E-state index contributed by atoms with van der Waals surface area (Å²) in [6, 6.07) is 4.58. The Morgan fingerprint density at radius 1 is 0.826 bits per heavy atom. The number of ether oxygens (including phenoxy) is 4. The first-order valence-corrected chi connectivity index (χ1v) is 16.5. The van der Waals surface area contributed by atoms with Crippen LogP contribution in [0.15, 0.2) is 18.2 Å². The Balaban J connectivity index is 1.47. The van der Waals surface area contributed by atoms with Crippen LogP contribution < -0.4 is 18.9 Å². The predicted molar refractivity (Wildman–Crippen MR) is 177 cm³/mol. The van der Waals surface area contributed by atoms with Crippen LogP contribution in [0.25, 0.3) is 20.2 Å². The van der Waals surface area contributed by atoms with Crippen LogP contribution in [0.2, 0.25) is 10.0 Å². The van der Waals surface area contributed by atoms with Crippen molar-refractivity contribution < 1.29 is 47.6 Å². The van der Waals surface area contributed by atoms with Crippen LogP contribution in [0.5, 0.6) is 23.0 Å². The quantitative estimate of drug-likeness (QED) is 0.0899. The number of aliphatic carboxylic acids is 1. The number of hydrogen-bond donors (Lipinski definition) is 1. The van der Waals surface area contributed by atoms with Crippen molar-refractivity contribution in [3.63, 3.8) is 0 Å². The maximum atomic E-state index is 15.5. The number of carboxylic acid groups (broad SMARTS) is 1. The van der Waals surface area contributed by atoms with Gasteiger partial charge in [0.1, 0.15) is 10.8 Å². The molecule has 0 bridgehead atoms. The second kappa shape index (κ2) is 15.0. The largest absolute Gasteiger partial charge is 0.493 e. The molecule has 9 nitrogen and oxygen atoms in total. The smallest absolute Gasteiger partial charge is 0.306 e. The Labute approximate surface area is 282 Å². The van der Waals surface area contributed by atoms with Gasteiger partial charge in [-0.2, -0.15) is 0 Å². The number of carbonyl (C=O) groups excluding carboxylic acids is 3. The zero-order chi connectivity index (χ0) is 33.9. The van der Waals surface area contributed by atoms with Gasteiger partial charge in [-0.05, 0) is 19.1 Å². The van der Waals surface area contributed by atoms with Gasteiger partial charge in [0.15, 0.2) is 40.4 Å². The number of benzene rings is 2. The van der Waals surface area contributed by atoms with E-state index in [4.69, 9.17) is 47.3 Å². The normalized spacial score (nSPS) is 12.6. The number of ketones is 3. The molecule has 1 N–H and O–H groups in total. The van der Waals surface area contributed by atoms with Gasteiger partial charge in [-0.25, -0.2) is 4.39 Å². The van der Waals surface area contributed by atoms with E-state index in [1.165, 1.54) is 34.1 Å². The number of carbonyl (C=O) groups is 4. The zero-order valence-corrected chi connectivity index (χ0v) is 28.7. The number of Topliss-reactive ketones (excluding diaryl/α,β-unsaturated/α-hetero) is 3. The maximum absolute atomic E-state index is 15.5. The lowest BCUT2D eigenvalue weighted by Crippen LogP contribution is -2.13. The molecule has 0 aliphatic rings. The van der Waals surface area contributed by atoms with Crippen molar-refractivity contribution in [3.05, 3.63) is 43.8 Å². The second-order valence-electron chi connectivity index (χ2n) is 10.6. The number of thiophene rings is 2. The van der Waals surface area contributed by atoms with E-state index < -0.39 is 29.4 Å². The summed E-state index contributed by atoms with van der Waals surface area (Å²) in [5.41, 5.74) is 0. The fraction of sp³-hybridized carbons (Fsp3) is 0.375. The molecule has 2 heterocycles. The lowest BCUT2D eigenvalue weighted by molar-refractivity contribution is -0.141. The van der Waals surface area contributed by atoms with Gasteiger partial charge in [0.2, 0.25) is 0 Å². The van der Waals surface area contributed by atoms with Crippen LogP contribution >= 0.6 is 45.9 Å². The fourth-order valence-corrected chi connectivity index (χ4v) is 7.32. The Bertz CT molecular complexity index is 1830. The summed E-state index contributed by atoms with van der Waals surface area (Å²) in [6.45, 7) is 4.67. The van der Waals surface area contributed by atoms with Crippen LogP contribution in [0.3, 0.4) is 0 Å². The molecule has 2 atom stereocenters. The number of hydrogen-bond acceptors (Lipinski definition) is 10. The third-order valence-electron chi connectivity index (χ3n) is 7.31. The molecule has 0 spiro atoms. The molecule has 46 heavy (non-hydrogen) atoms. The van der Waals surface area contributed by atoms with E-state index in [2.05, 4.69) is 0 Å².